The Morgan fingerprint density at radius 3 is 2.83 bits per heavy atom. The average molecular weight is 332 g/mol. The third kappa shape index (κ3) is 2.57. The Morgan fingerprint density at radius 2 is 2.17 bits per heavy atom. The van der Waals surface area contributed by atoms with Crippen LogP contribution in [0, 0.1) is 5.92 Å². The molecule has 0 fully saturated rings. The van der Waals surface area contributed by atoms with Gasteiger partial charge in [0, 0.05) is 24.0 Å². The molecule has 0 bridgehead atoms. The number of ether oxygens (including phenoxy) is 1. The van der Waals surface area contributed by atoms with E-state index in [2.05, 4.69) is 4.98 Å². The first-order chi connectivity index (χ1) is 10.9. The van der Waals surface area contributed by atoms with Crippen LogP contribution in [0.25, 0.3) is 10.9 Å². The monoisotopic (exact) mass is 332 g/mol. The number of nitrogens with zero attached hydrogens (tertiary/aromatic N) is 2. The Labute approximate surface area is 134 Å². The van der Waals surface area contributed by atoms with Crippen LogP contribution in [0.2, 0.25) is 0 Å². The zero-order valence-electron chi connectivity index (χ0n) is 12.8. The number of hydrogen-bond donors (Lipinski definition) is 0. The van der Waals surface area contributed by atoms with Crippen molar-refractivity contribution >= 4 is 26.9 Å². The van der Waals surface area contributed by atoms with Crippen molar-refractivity contribution < 1.29 is 17.9 Å². The fourth-order valence-corrected chi connectivity index (χ4v) is 3.98. The van der Waals surface area contributed by atoms with E-state index in [1.807, 2.05) is 13.0 Å². The van der Waals surface area contributed by atoms with E-state index in [1.54, 1.807) is 18.2 Å². The van der Waals surface area contributed by atoms with Crippen LogP contribution < -0.4 is 0 Å². The number of esters is 1. The average Bonchev–Trinajstić information content (AvgIpc) is 2.99. The molecule has 23 heavy (non-hydrogen) atoms. The molecule has 0 aliphatic heterocycles. The lowest BCUT2D eigenvalue weighted by Gasteiger charge is -2.14. The van der Waals surface area contributed by atoms with Crippen LogP contribution in [0.5, 0.6) is 0 Å². The summed E-state index contributed by atoms with van der Waals surface area (Å²) in [5.41, 5.74) is 0.395. The Morgan fingerprint density at radius 1 is 1.39 bits per heavy atom. The Bertz CT molecular complexity index is 938. The predicted octanol–water partition coefficient (Wildman–Crippen LogP) is 2.48. The maximum Gasteiger partial charge on any atom is 0.341 e. The number of fused-ring (bicyclic) bond motifs is 1. The van der Waals surface area contributed by atoms with Crippen molar-refractivity contribution in [3.05, 3.63) is 53.4 Å². The van der Waals surface area contributed by atoms with Gasteiger partial charge in [0.1, 0.15) is 5.56 Å². The van der Waals surface area contributed by atoms with Gasteiger partial charge in [-0.1, -0.05) is 19.1 Å². The van der Waals surface area contributed by atoms with E-state index in [-0.39, 0.29) is 16.0 Å². The molecule has 3 rings (SSSR count). The van der Waals surface area contributed by atoms with Gasteiger partial charge in [-0.2, -0.15) is 0 Å². The number of carbonyl (C=O) groups is 1. The molecule has 0 saturated carbocycles. The van der Waals surface area contributed by atoms with Crippen molar-refractivity contribution in [1.82, 2.24) is 8.96 Å². The zero-order chi connectivity index (χ0) is 16.6. The number of hydrogen-bond acceptors (Lipinski definition) is 5. The first kappa shape index (κ1) is 15.5. The minimum absolute atomic E-state index is 0.118. The smallest absolute Gasteiger partial charge is 0.341 e. The second-order valence-corrected chi connectivity index (χ2v) is 7.23. The van der Waals surface area contributed by atoms with E-state index < -0.39 is 16.0 Å². The maximum absolute atomic E-state index is 12.9. The molecule has 7 heteroatoms. The summed E-state index contributed by atoms with van der Waals surface area (Å²) in [5, 5.41) is 0.560. The van der Waals surface area contributed by atoms with Gasteiger partial charge in [-0.3, -0.25) is 4.98 Å². The molecule has 0 amide bonds. The molecule has 1 unspecified atom stereocenters. The molecular formula is C16H16N2O4S. The third-order valence-electron chi connectivity index (χ3n) is 3.80. The molecule has 0 spiro atoms. The number of pyridine rings is 1. The van der Waals surface area contributed by atoms with Crippen molar-refractivity contribution in [2.45, 2.75) is 13.3 Å². The largest absolute Gasteiger partial charge is 0.465 e. The summed E-state index contributed by atoms with van der Waals surface area (Å²) in [6, 6.07) is 1.61. The molecule has 2 heterocycles. The summed E-state index contributed by atoms with van der Waals surface area (Å²) in [6.07, 6.45) is 10.1. The standard InChI is InChI=1S/C16H16N2O4S/c1-11-3-5-13(6-4-11)23(20,21)18-8-7-12-9-17-10-14(15(12)18)16(19)22-2/h3,5-11H,4H2,1-2H3. The predicted molar refractivity (Wildman–Crippen MR) is 86.4 cm³/mol. The summed E-state index contributed by atoms with van der Waals surface area (Å²) in [7, 11) is -2.53. The number of rotatable bonds is 3. The van der Waals surface area contributed by atoms with E-state index in [1.165, 1.54) is 25.7 Å². The summed E-state index contributed by atoms with van der Waals surface area (Å²) in [6.45, 7) is 2.02. The van der Waals surface area contributed by atoms with Gasteiger partial charge in [-0.25, -0.2) is 17.2 Å². The van der Waals surface area contributed by atoms with Crippen LogP contribution in [0.3, 0.4) is 0 Å². The molecule has 2 aromatic heterocycles. The topological polar surface area (TPSA) is 78.3 Å². The second kappa shape index (κ2) is 5.66. The fourth-order valence-electron chi connectivity index (χ4n) is 2.53. The summed E-state index contributed by atoms with van der Waals surface area (Å²) in [5.74, 6) is -0.315. The molecule has 0 radical (unpaired) electrons. The lowest BCUT2D eigenvalue weighted by molar-refractivity contribution is 0.0602. The molecule has 1 aliphatic carbocycles. The van der Waals surface area contributed by atoms with Crippen LogP contribution >= 0.6 is 0 Å². The highest BCUT2D eigenvalue weighted by Crippen LogP contribution is 2.27. The summed E-state index contributed by atoms with van der Waals surface area (Å²) < 4.78 is 31.6. The van der Waals surface area contributed by atoms with Crippen molar-refractivity contribution in [3.8, 4) is 0 Å². The molecule has 120 valence electrons. The molecule has 0 saturated heterocycles. The van der Waals surface area contributed by atoms with Crippen molar-refractivity contribution in [2.24, 2.45) is 5.92 Å². The molecule has 2 aromatic rings. The van der Waals surface area contributed by atoms with E-state index in [9.17, 15) is 13.2 Å². The first-order valence-corrected chi connectivity index (χ1v) is 8.56. The van der Waals surface area contributed by atoms with Gasteiger partial charge < -0.3 is 4.74 Å². The van der Waals surface area contributed by atoms with Crippen LogP contribution in [0.15, 0.2) is 47.8 Å². The van der Waals surface area contributed by atoms with Crippen LogP contribution in [-0.4, -0.2) is 30.5 Å². The van der Waals surface area contributed by atoms with Crippen molar-refractivity contribution in [2.75, 3.05) is 7.11 Å². The number of carbonyl (C=O) groups excluding carboxylic acids is 1. The van der Waals surface area contributed by atoms with Crippen LogP contribution in [0.4, 0.5) is 0 Å². The minimum Gasteiger partial charge on any atom is -0.465 e. The highest BCUT2D eigenvalue weighted by Gasteiger charge is 2.25. The van der Waals surface area contributed by atoms with Crippen molar-refractivity contribution in [3.63, 3.8) is 0 Å². The summed E-state index contributed by atoms with van der Waals surface area (Å²) >= 11 is 0. The van der Waals surface area contributed by atoms with Gasteiger partial charge in [0.15, 0.2) is 0 Å². The number of methoxy groups -OCH3 is 1. The SMILES string of the molecule is COC(=O)c1cncc2ccn(S(=O)(=O)C3=CCC(C)C=C3)c12. The molecular weight excluding hydrogens is 316 g/mol. The van der Waals surface area contributed by atoms with Gasteiger partial charge in [-0.15, -0.1) is 0 Å². The Kier molecular flexibility index (Phi) is 3.81. The maximum atomic E-state index is 12.9. The molecule has 1 atom stereocenters. The highest BCUT2D eigenvalue weighted by atomic mass is 32.2. The third-order valence-corrected chi connectivity index (χ3v) is 5.52. The molecule has 0 aromatic carbocycles. The lowest BCUT2D eigenvalue weighted by Crippen LogP contribution is -2.16. The molecule has 0 N–H and O–H groups in total. The van der Waals surface area contributed by atoms with E-state index in [4.69, 9.17) is 4.74 Å². The van der Waals surface area contributed by atoms with E-state index >= 15 is 0 Å². The summed E-state index contributed by atoms with van der Waals surface area (Å²) in [4.78, 5) is 16.1. The fraction of sp³-hybridized carbons (Fsp3) is 0.250. The van der Waals surface area contributed by atoms with Gasteiger partial charge in [-0.05, 0) is 24.5 Å². The minimum atomic E-state index is -3.78. The van der Waals surface area contributed by atoms with E-state index in [0.29, 0.717) is 17.7 Å². The van der Waals surface area contributed by atoms with Crippen LogP contribution in [-0.2, 0) is 14.8 Å². The van der Waals surface area contributed by atoms with Crippen molar-refractivity contribution in [1.29, 1.82) is 0 Å². The number of allylic oxidation sites excluding steroid dienone is 3. The van der Waals surface area contributed by atoms with Gasteiger partial charge >= 0.3 is 5.97 Å². The quantitative estimate of drug-likeness (QED) is 0.807. The Hall–Kier alpha value is -2.41. The lowest BCUT2D eigenvalue weighted by atomic mass is 10.0. The molecule has 1 aliphatic rings. The van der Waals surface area contributed by atoms with Crippen LogP contribution in [0.1, 0.15) is 23.7 Å². The van der Waals surface area contributed by atoms with Gasteiger partial charge in [0.05, 0.1) is 17.5 Å². The second-order valence-electron chi connectivity index (χ2n) is 5.41. The van der Waals surface area contributed by atoms with Gasteiger partial charge in [0.2, 0.25) is 0 Å². The first-order valence-electron chi connectivity index (χ1n) is 7.12. The van der Waals surface area contributed by atoms with Gasteiger partial charge in [0.25, 0.3) is 10.0 Å². The Balaban J connectivity index is 2.21. The normalized spacial score (nSPS) is 18.0. The molecule has 6 nitrogen and oxygen atoms in total. The number of aromatic nitrogens is 2. The van der Waals surface area contributed by atoms with E-state index in [0.717, 1.165) is 3.97 Å². The zero-order valence-corrected chi connectivity index (χ0v) is 13.6. The highest BCUT2D eigenvalue weighted by molar-refractivity contribution is 7.94.